The van der Waals surface area contributed by atoms with Gasteiger partial charge in [-0.15, -0.1) is 0 Å². The van der Waals surface area contributed by atoms with Crippen molar-refractivity contribution in [1.29, 1.82) is 0 Å². The van der Waals surface area contributed by atoms with E-state index in [0.717, 1.165) is 0 Å². The molecule has 0 bridgehead atoms. The van der Waals surface area contributed by atoms with Crippen LogP contribution in [-0.2, 0) is 0 Å². The van der Waals surface area contributed by atoms with Gasteiger partial charge in [-0.1, -0.05) is 0 Å². The minimum atomic E-state index is -1.99. The Kier molecular flexibility index (Phi) is 45.6. The zero-order valence-corrected chi connectivity index (χ0v) is 66.8. The molecule has 0 aliphatic carbocycles. The molecule has 0 radical (unpaired) electrons. The van der Waals surface area contributed by atoms with Crippen molar-refractivity contribution >= 4 is 68.7 Å². The summed E-state index contributed by atoms with van der Waals surface area (Å²) in [6.07, 6.45) is 68.7. The Morgan fingerprint density at radius 3 is 0.357 bits per heavy atom. The molecule has 0 saturated heterocycles. The molecule has 0 heterocycles. The zero-order valence-electron chi connectivity index (χ0n) is 60.0. The molecular formula is C76H152P4S4. The molecule has 2 aromatic rings. The van der Waals surface area contributed by atoms with Crippen LogP contribution in [0.4, 0.5) is 0 Å². The first-order valence-electron chi connectivity index (χ1n) is 37.6. The van der Waals surface area contributed by atoms with Crippen molar-refractivity contribution in [2.75, 3.05) is 98.6 Å². The number of rotatable bonds is 56. The molecule has 0 atom stereocenters. The van der Waals surface area contributed by atoms with Crippen molar-refractivity contribution in [3.63, 3.8) is 0 Å². The van der Waals surface area contributed by atoms with E-state index in [9.17, 15) is 0 Å². The summed E-state index contributed by atoms with van der Waals surface area (Å²) in [6, 6.07) is 19.9. The number of unbranched alkanes of at least 4 members (excludes halogenated alkanes) is 16. The van der Waals surface area contributed by atoms with E-state index in [2.05, 4.69) is 205 Å². The predicted octanol–water partition coefficient (Wildman–Crippen LogP) is 30.4. The first kappa shape index (κ1) is 83.6. The molecule has 500 valence electrons. The van der Waals surface area contributed by atoms with Crippen molar-refractivity contribution < 1.29 is 0 Å². The second-order valence-electron chi connectivity index (χ2n) is 27.9. The van der Waals surface area contributed by atoms with E-state index >= 15 is 0 Å². The molecule has 0 saturated carbocycles. The maximum absolute atomic E-state index is 2.59. The van der Waals surface area contributed by atoms with E-state index in [0.29, 0.717) is 0 Å². The van der Waals surface area contributed by atoms with Crippen molar-refractivity contribution in [2.24, 2.45) is 0 Å². The van der Waals surface area contributed by atoms with Gasteiger partial charge in [0.1, 0.15) is 0 Å². The summed E-state index contributed by atoms with van der Waals surface area (Å²) in [7, 11) is 0. The molecule has 2 rings (SSSR count). The van der Waals surface area contributed by atoms with E-state index in [1.807, 2.05) is 0 Å². The summed E-state index contributed by atoms with van der Waals surface area (Å²) >= 11 is 10.1. The molecule has 0 N–H and O–H groups in total. The molecule has 0 aromatic heterocycles. The summed E-state index contributed by atoms with van der Waals surface area (Å²) in [4.78, 5) is 6.81. The van der Waals surface area contributed by atoms with Gasteiger partial charge in [-0.2, -0.15) is 0 Å². The van der Waals surface area contributed by atoms with Crippen LogP contribution < -0.4 is 0 Å². The van der Waals surface area contributed by atoms with Crippen LogP contribution in [0.1, 0.15) is 316 Å². The Labute approximate surface area is 547 Å². The summed E-state index contributed by atoms with van der Waals surface area (Å²) in [5.41, 5.74) is 0. The third-order valence-electron chi connectivity index (χ3n) is 20.4. The molecule has 0 nitrogen and oxygen atoms in total. The van der Waals surface area contributed by atoms with Crippen molar-refractivity contribution in [2.45, 2.75) is 336 Å². The molecule has 0 unspecified atom stereocenters. The van der Waals surface area contributed by atoms with Crippen molar-refractivity contribution in [3.05, 3.63) is 48.5 Å². The van der Waals surface area contributed by atoms with Gasteiger partial charge in [0.2, 0.25) is 0 Å². The van der Waals surface area contributed by atoms with Crippen molar-refractivity contribution in [3.8, 4) is 0 Å². The zero-order chi connectivity index (χ0) is 62.5. The molecular weight excluding hydrogens is 1160 g/mol. The number of hydrogen-bond acceptors (Lipinski definition) is 4. The third kappa shape index (κ3) is 27.6. The molecule has 0 aliphatic heterocycles. The fourth-order valence-corrected chi connectivity index (χ4v) is 63.2. The Hall–Kier alpha value is 1.56. The van der Waals surface area contributed by atoms with E-state index in [-0.39, 0.29) is 0 Å². The topological polar surface area (TPSA) is 0 Å². The second kappa shape index (κ2) is 45.8. The van der Waals surface area contributed by atoms with E-state index < -0.39 is 23.2 Å². The Bertz CT molecular complexity index is 1470. The molecule has 0 amide bonds. The quantitative estimate of drug-likeness (QED) is 0.0605. The first-order chi connectivity index (χ1) is 40.6. The summed E-state index contributed by atoms with van der Waals surface area (Å²) in [5, 5.41) is 0. The summed E-state index contributed by atoms with van der Waals surface area (Å²) in [5.74, 6) is -7.98. The summed E-state index contributed by atoms with van der Waals surface area (Å²) in [6.45, 7) is 39.0. The van der Waals surface area contributed by atoms with Crippen LogP contribution in [0.3, 0.4) is 0 Å². The predicted molar refractivity (Wildman–Crippen MR) is 420 cm³/mol. The third-order valence-corrected chi connectivity index (χ3v) is 65.4. The van der Waals surface area contributed by atoms with Crippen LogP contribution in [0.5, 0.6) is 0 Å². The van der Waals surface area contributed by atoms with Gasteiger partial charge in [0.05, 0.1) is 0 Å². The molecule has 0 spiro atoms. The van der Waals surface area contributed by atoms with Gasteiger partial charge in [0, 0.05) is 0 Å². The average Bonchev–Trinajstić information content (AvgIpc) is 2.27. The van der Waals surface area contributed by atoms with Gasteiger partial charge in [-0.3, -0.25) is 0 Å². The fraction of sp³-hybridized carbons (Fsp3) is 0.842. The van der Waals surface area contributed by atoms with Gasteiger partial charge < -0.3 is 0 Å². The van der Waals surface area contributed by atoms with Crippen LogP contribution in [0.25, 0.3) is 0 Å². The fourth-order valence-electron chi connectivity index (χ4n) is 14.7. The van der Waals surface area contributed by atoms with Gasteiger partial charge in [-0.25, -0.2) is 0 Å². The summed E-state index contributed by atoms with van der Waals surface area (Å²) < 4.78 is 0. The average molecular weight is 1320 g/mol. The van der Waals surface area contributed by atoms with Crippen LogP contribution in [0, 0.1) is 0 Å². The van der Waals surface area contributed by atoms with Crippen LogP contribution >= 0.6 is 68.7 Å². The second-order valence-corrected chi connectivity index (χ2v) is 67.0. The van der Waals surface area contributed by atoms with Gasteiger partial charge in [0.25, 0.3) is 0 Å². The molecule has 0 fully saturated rings. The van der Waals surface area contributed by atoms with Gasteiger partial charge in [0.15, 0.2) is 0 Å². The molecule has 2 aromatic carbocycles. The monoisotopic (exact) mass is 1320 g/mol. The molecule has 8 heteroatoms. The molecule has 84 heavy (non-hydrogen) atoms. The van der Waals surface area contributed by atoms with Crippen molar-refractivity contribution in [1.82, 2.24) is 0 Å². The normalized spacial score (nSPS) is 14.4. The minimum absolute atomic E-state index is 1.35. The number of benzene rings is 2. The first-order valence-corrected chi connectivity index (χ1v) is 55.2. The van der Waals surface area contributed by atoms with Gasteiger partial charge >= 0.3 is 552 Å². The Morgan fingerprint density at radius 2 is 0.274 bits per heavy atom. The number of hydrogen-bond donors (Lipinski definition) is 0. The van der Waals surface area contributed by atoms with E-state index in [1.165, 1.54) is 304 Å². The van der Waals surface area contributed by atoms with Gasteiger partial charge in [-0.05, 0) is 0 Å². The standard InChI is InChI=1S/2C38H76P2S2/c2*1-9-17-29-39(30-18-10-2,31-19-11-3,32-20-12-4)41-37-27-25-26-28-38(37)42-40(33-21-13-5,34-22-14-6,35-23-15-7)36-24-16-8/h2*25-28H,9-24,29-36H2,1-8H3. The van der Waals surface area contributed by atoms with Crippen LogP contribution in [0.15, 0.2) is 68.1 Å². The van der Waals surface area contributed by atoms with Crippen LogP contribution in [-0.4, -0.2) is 98.6 Å². The molecule has 0 aliphatic rings. The maximum atomic E-state index is 2.59. The Balaban J connectivity index is 0.000000840. The van der Waals surface area contributed by atoms with E-state index in [1.54, 1.807) is 19.6 Å². The SMILES string of the molecule is CCCCP(CCCC)(CCCC)(CCCC)Sc1ccccc1SP(CCCC)(CCCC)(CCCC)CCCC.CCCCP(CCCC)(CCCC)(CCCC)Sc1ccccc1SP(CCCC)(CCCC)(CCCC)CCCC. The van der Waals surface area contributed by atoms with Crippen LogP contribution in [0.2, 0.25) is 0 Å². The Morgan fingerprint density at radius 1 is 0.179 bits per heavy atom. The van der Waals surface area contributed by atoms with E-state index in [4.69, 9.17) is 0 Å².